The van der Waals surface area contributed by atoms with Crippen LogP contribution in [0.1, 0.15) is 32.1 Å². The van der Waals surface area contributed by atoms with Gasteiger partial charge in [0.25, 0.3) is 0 Å². The lowest BCUT2D eigenvalue weighted by Gasteiger charge is -2.27. The maximum absolute atomic E-state index is 5.96. The van der Waals surface area contributed by atoms with Gasteiger partial charge in [0.2, 0.25) is 0 Å². The summed E-state index contributed by atoms with van der Waals surface area (Å²) >= 11 is 0. The first-order valence-corrected chi connectivity index (χ1v) is 10.1. The molecule has 0 aromatic carbocycles. The van der Waals surface area contributed by atoms with Crippen LogP contribution in [-0.2, 0) is 18.3 Å². The Morgan fingerprint density at radius 3 is 1.90 bits per heavy atom. The first-order valence-electron chi connectivity index (χ1n) is 7.55. The Bertz CT molecular complexity index is 214. The number of methoxy groups -OCH3 is 2. The van der Waals surface area contributed by atoms with Gasteiger partial charge in [-0.1, -0.05) is 25.3 Å². The van der Waals surface area contributed by atoms with Crippen LogP contribution < -0.4 is 0 Å². The Labute approximate surface area is 125 Å². The fourth-order valence-electron chi connectivity index (χ4n) is 1.96. The number of allylic oxidation sites excluding steroid dienone is 1. The maximum atomic E-state index is 5.96. The van der Waals surface area contributed by atoms with Gasteiger partial charge in [-0.2, -0.15) is 0 Å². The normalized spacial score (nSPS) is 11.8. The molecule has 0 aromatic rings. The lowest BCUT2D eigenvalue weighted by atomic mass is 10.1. The van der Waals surface area contributed by atoms with Gasteiger partial charge in [-0.05, 0) is 25.4 Å². The van der Waals surface area contributed by atoms with Crippen molar-refractivity contribution in [3.8, 4) is 0 Å². The molecule has 0 rings (SSSR count). The molecule has 0 aliphatic carbocycles. The number of rotatable bonds is 15. The molecule has 0 aliphatic heterocycles. The van der Waals surface area contributed by atoms with Crippen molar-refractivity contribution >= 4 is 8.56 Å². The zero-order valence-corrected chi connectivity index (χ0v) is 14.5. The van der Waals surface area contributed by atoms with Gasteiger partial charge < -0.3 is 18.3 Å². The molecule has 0 radical (unpaired) electrons. The largest absolute Gasteiger partial charge is 0.392 e. The zero-order chi connectivity index (χ0) is 15.1. The molecule has 4 nitrogen and oxygen atoms in total. The minimum absolute atomic E-state index is 0.614. The first-order chi connectivity index (χ1) is 9.68. The van der Waals surface area contributed by atoms with Crippen LogP contribution in [-0.4, -0.2) is 49.2 Å². The van der Waals surface area contributed by atoms with Crippen LogP contribution in [0.5, 0.6) is 0 Å². The highest BCUT2D eigenvalue weighted by molar-refractivity contribution is 6.66. The summed E-state index contributed by atoms with van der Waals surface area (Å²) in [7, 11) is 1.30. The van der Waals surface area contributed by atoms with Crippen molar-refractivity contribution in [2.75, 3.05) is 40.6 Å². The molecule has 0 amide bonds. The molecule has 0 N–H and O–H groups in total. The highest BCUT2D eigenvalue weighted by Crippen LogP contribution is 2.18. The summed E-state index contributed by atoms with van der Waals surface area (Å²) in [5.74, 6) is 0. The zero-order valence-electron chi connectivity index (χ0n) is 13.5. The Balaban J connectivity index is 3.92. The monoisotopic (exact) mass is 304 g/mol. The molecule has 0 aliphatic rings. The van der Waals surface area contributed by atoms with Gasteiger partial charge in [0.15, 0.2) is 0 Å². The molecule has 0 heterocycles. The predicted octanol–water partition coefficient (Wildman–Crippen LogP) is 3.52. The van der Waals surface area contributed by atoms with E-state index in [1.165, 1.54) is 25.7 Å². The van der Waals surface area contributed by atoms with E-state index in [0.717, 1.165) is 12.5 Å². The van der Waals surface area contributed by atoms with Crippen LogP contribution in [0.25, 0.3) is 0 Å². The van der Waals surface area contributed by atoms with Crippen molar-refractivity contribution in [3.63, 3.8) is 0 Å². The Kier molecular flexibility index (Phi) is 13.6. The van der Waals surface area contributed by atoms with Crippen molar-refractivity contribution in [1.29, 1.82) is 0 Å². The second-order valence-corrected chi connectivity index (χ2v) is 8.40. The van der Waals surface area contributed by atoms with E-state index in [1.807, 2.05) is 6.08 Å². The molecule has 0 unspecified atom stereocenters. The number of unbranched alkanes of at least 4 members (excludes halogenated alkanes) is 4. The molecule has 0 spiro atoms. The fourth-order valence-corrected chi connectivity index (χ4v) is 4.25. The average molecular weight is 305 g/mol. The van der Waals surface area contributed by atoms with E-state index < -0.39 is 8.56 Å². The van der Waals surface area contributed by atoms with E-state index in [2.05, 4.69) is 13.1 Å². The number of ether oxygens (including phenoxy) is 2. The van der Waals surface area contributed by atoms with Crippen molar-refractivity contribution in [1.82, 2.24) is 0 Å². The van der Waals surface area contributed by atoms with Gasteiger partial charge >= 0.3 is 8.56 Å². The van der Waals surface area contributed by atoms with Crippen LogP contribution in [0.3, 0.4) is 0 Å². The van der Waals surface area contributed by atoms with E-state index in [1.54, 1.807) is 14.2 Å². The predicted molar refractivity (Wildman–Crippen MR) is 85.4 cm³/mol. The first kappa shape index (κ1) is 19.8. The van der Waals surface area contributed by atoms with Gasteiger partial charge in [-0.15, -0.1) is 6.58 Å². The topological polar surface area (TPSA) is 36.9 Å². The highest BCUT2D eigenvalue weighted by Gasteiger charge is 2.30. The quantitative estimate of drug-likeness (QED) is 0.263. The van der Waals surface area contributed by atoms with Gasteiger partial charge in [0.1, 0.15) is 0 Å². The fraction of sp³-hybridized carbons (Fsp3) is 0.867. The molecule has 120 valence electrons. The minimum Gasteiger partial charge on any atom is -0.392 e. The summed E-state index contributed by atoms with van der Waals surface area (Å²) in [5, 5.41) is 0. The minimum atomic E-state index is -2.07. The van der Waals surface area contributed by atoms with E-state index in [4.69, 9.17) is 18.3 Å². The summed E-state index contributed by atoms with van der Waals surface area (Å²) in [4.78, 5) is 0. The Morgan fingerprint density at radius 2 is 1.40 bits per heavy atom. The third kappa shape index (κ3) is 11.6. The molecule has 0 saturated carbocycles. The summed E-state index contributed by atoms with van der Waals surface area (Å²) in [6.07, 6.45) is 7.99. The van der Waals surface area contributed by atoms with Crippen LogP contribution in [0, 0.1) is 0 Å². The van der Waals surface area contributed by atoms with Crippen molar-refractivity contribution in [2.45, 2.75) is 44.7 Å². The molecule has 20 heavy (non-hydrogen) atoms. The smallest absolute Gasteiger partial charge is 0.335 e. The molecular formula is C15H32O4Si. The summed E-state index contributed by atoms with van der Waals surface area (Å²) in [5.41, 5.74) is 0. The van der Waals surface area contributed by atoms with E-state index in [0.29, 0.717) is 26.4 Å². The third-order valence-corrected chi connectivity index (χ3v) is 6.07. The molecule has 0 atom stereocenters. The number of hydrogen-bond donors (Lipinski definition) is 0. The standard InChI is InChI=1S/C15H32O4Si/c1-5-6-7-8-9-10-15-20(4,18-13-11-16-2)19-14-12-17-3/h5H,1,6-15H2,2-4H3. The van der Waals surface area contributed by atoms with E-state index in [9.17, 15) is 0 Å². The molecule has 0 bridgehead atoms. The van der Waals surface area contributed by atoms with Crippen molar-refractivity contribution in [3.05, 3.63) is 12.7 Å². The second-order valence-electron chi connectivity index (χ2n) is 5.06. The van der Waals surface area contributed by atoms with Crippen LogP contribution in [0.2, 0.25) is 12.6 Å². The third-order valence-electron chi connectivity index (χ3n) is 3.18. The maximum Gasteiger partial charge on any atom is 0.335 e. The van der Waals surface area contributed by atoms with Crippen molar-refractivity contribution in [2.24, 2.45) is 0 Å². The molecule has 0 saturated heterocycles. The SMILES string of the molecule is C=CCCCCCC[Si](C)(OCCOC)OCCOC. The second kappa shape index (κ2) is 13.8. The summed E-state index contributed by atoms with van der Waals surface area (Å²) in [6.45, 7) is 8.35. The summed E-state index contributed by atoms with van der Waals surface area (Å²) in [6, 6.07) is 1.04. The molecule has 5 heteroatoms. The number of hydrogen-bond acceptors (Lipinski definition) is 4. The Hall–Kier alpha value is -0.203. The lowest BCUT2D eigenvalue weighted by Crippen LogP contribution is -2.40. The van der Waals surface area contributed by atoms with Gasteiger partial charge in [0.05, 0.1) is 26.4 Å². The average Bonchev–Trinajstić information content (AvgIpc) is 2.43. The van der Waals surface area contributed by atoms with E-state index >= 15 is 0 Å². The Morgan fingerprint density at radius 1 is 0.850 bits per heavy atom. The van der Waals surface area contributed by atoms with Gasteiger partial charge in [-0.3, -0.25) is 0 Å². The van der Waals surface area contributed by atoms with E-state index in [-0.39, 0.29) is 0 Å². The molecular weight excluding hydrogens is 272 g/mol. The van der Waals surface area contributed by atoms with Crippen LogP contribution in [0.15, 0.2) is 12.7 Å². The summed E-state index contributed by atoms with van der Waals surface area (Å²) < 4.78 is 22.0. The lowest BCUT2D eigenvalue weighted by molar-refractivity contribution is 0.0882. The van der Waals surface area contributed by atoms with Crippen molar-refractivity contribution < 1.29 is 18.3 Å². The van der Waals surface area contributed by atoms with Crippen LogP contribution in [0.4, 0.5) is 0 Å². The van der Waals surface area contributed by atoms with Gasteiger partial charge in [-0.25, -0.2) is 0 Å². The molecule has 0 aromatic heterocycles. The van der Waals surface area contributed by atoms with Gasteiger partial charge in [0, 0.05) is 14.2 Å². The van der Waals surface area contributed by atoms with Crippen LogP contribution >= 0.6 is 0 Å². The highest BCUT2D eigenvalue weighted by atomic mass is 28.4. The molecule has 0 fully saturated rings.